The smallest absolute Gasteiger partial charge is 0.272 e. The van der Waals surface area contributed by atoms with Crippen molar-refractivity contribution in [1.29, 1.82) is 0 Å². The van der Waals surface area contributed by atoms with E-state index >= 15 is 0 Å². The standard InChI is InChI=1S/C15H15BrFN3O2/c1-3-20-8-10(16)6-14(20)15(22)19-11-4-5-12(17)13(7-11)18-9(2)21/h4-8H,3H2,1-2H3,(H,18,21)(H,19,22). The van der Waals surface area contributed by atoms with Gasteiger partial charge in [-0.3, -0.25) is 9.59 Å². The van der Waals surface area contributed by atoms with Gasteiger partial charge in [-0.25, -0.2) is 4.39 Å². The van der Waals surface area contributed by atoms with Crippen molar-refractivity contribution in [3.63, 3.8) is 0 Å². The molecule has 0 atom stereocenters. The number of aromatic nitrogens is 1. The Labute approximate surface area is 135 Å². The topological polar surface area (TPSA) is 63.1 Å². The molecular weight excluding hydrogens is 353 g/mol. The molecule has 0 spiro atoms. The predicted molar refractivity (Wildman–Crippen MR) is 86.5 cm³/mol. The molecule has 0 aliphatic heterocycles. The number of benzene rings is 1. The van der Waals surface area contributed by atoms with E-state index in [1.165, 1.54) is 25.1 Å². The van der Waals surface area contributed by atoms with Gasteiger partial charge in [-0.2, -0.15) is 0 Å². The lowest BCUT2D eigenvalue weighted by Crippen LogP contribution is -2.17. The first kappa shape index (κ1) is 16.2. The van der Waals surface area contributed by atoms with Crippen molar-refractivity contribution in [2.24, 2.45) is 0 Å². The number of nitrogens with zero attached hydrogens (tertiary/aromatic N) is 1. The predicted octanol–water partition coefficient (Wildman–Crippen LogP) is 3.62. The highest BCUT2D eigenvalue weighted by Gasteiger charge is 2.13. The van der Waals surface area contributed by atoms with E-state index in [-0.39, 0.29) is 17.5 Å². The van der Waals surface area contributed by atoms with Crippen LogP contribution in [0.2, 0.25) is 0 Å². The first-order chi connectivity index (χ1) is 10.4. The van der Waals surface area contributed by atoms with Crippen LogP contribution in [0.15, 0.2) is 34.9 Å². The maximum Gasteiger partial charge on any atom is 0.272 e. The van der Waals surface area contributed by atoms with Gasteiger partial charge in [0, 0.05) is 29.8 Å². The molecule has 0 saturated heterocycles. The normalized spacial score (nSPS) is 10.4. The minimum absolute atomic E-state index is 0.0253. The van der Waals surface area contributed by atoms with Crippen molar-refractivity contribution < 1.29 is 14.0 Å². The second-order valence-corrected chi connectivity index (χ2v) is 5.58. The Hall–Kier alpha value is -2.15. The fourth-order valence-electron chi connectivity index (χ4n) is 2.01. The third kappa shape index (κ3) is 3.73. The molecule has 0 unspecified atom stereocenters. The fourth-order valence-corrected chi connectivity index (χ4v) is 2.47. The number of amides is 2. The maximum absolute atomic E-state index is 13.6. The number of rotatable bonds is 4. The Morgan fingerprint density at radius 1 is 1.27 bits per heavy atom. The van der Waals surface area contributed by atoms with E-state index in [0.717, 1.165) is 4.47 Å². The number of carbonyl (C=O) groups excluding carboxylic acids is 2. The molecule has 2 N–H and O–H groups in total. The summed E-state index contributed by atoms with van der Waals surface area (Å²) < 4.78 is 16.2. The van der Waals surface area contributed by atoms with Crippen LogP contribution < -0.4 is 10.6 Å². The molecule has 2 amide bonds. The molecule has 2 rings (SSSR count). The zero-order chi connectivity index (χ0) is 16.3. The van der Waals surface area contributed by atoms with Gasteiger partial charge in [0.1, 0.15) is 11.5 Å². The summed E-state index contributed by atoms with van der Waals surface area (Å²) in [6.07, 6.45) is 1.81. The van der Waals surface area contributed by atoms with Crippen molar-refractivity contribution >= 4 is 39.1 Å². The first-order valence-corrected chi connectivity index (χ1v) is 7.44. The van der Waals surface area contributed by atoms with E-state index in [4.69, 9.17) is 0 Å². The van der Waals surface area contributed by atoms with Crippen molar-refractivity contribution in [3.8, 4) is 0 Å². The highest BCUT2D eigenvalue weighted by molar-refractivity contribution is 9.10. The lowest BCUT2D eigenvalue weighted by Gasteiger charge is -2.10. The number of nitrogens with one attached hydrogen (secondary N) is 2. The molecule has 1 aromatic heterocycles. The number of anilines is 2. The summed E-state index contributed by atoms with van der Waals surface area (Å²) in [4.78, 5) is 23.3. The van der Waals surface area contributed by atoms with Crippen LogP contribution in [0.3, 0.4) is 0 Å². The average Bonchev–Trinajstić information content (AvgIpc) is 2.83. The van der Waals surface area contributed by atoms with Crippen LogP contribution >= 0.6 is 15.9 Å². The van der Waals surface area contributed by atoms with Crippen molar-refractivity contribution in [1.82, 2.24) is 4.57 Å². The lowest BCUT2D eigenvalue weighted by molar-refractivity contribution is -0.114. The number of aryl methyl sites for hydroxylation is 1. The highest BCUT2D eigenvalue weighted by Crippen LogP contribution is 2.21. The van der Waals surface area contributed by atoms with E-state index in [2.05, 4.69) is 26.6 Å². The molecule has 0 radical (unpaired) electrons. The van der Waals surface area contributed by atoms with E-state index in [1.807, 2.05) is 13.1 Å². The summed E-state index contributed by atoms with van der Waals surface area (Å²) in [5.41, 5.74) is 0.909. The molecule has 5 nitrogen and oxygen atoms in total. The van der Waals surface area contributed by atoms with Gasteiger partial charge in [-0.15, -0.1) is 0 Å². The lowest BCUT2D eigenvalue weighted by atomic mass is 10.2. The van der Waals surface area contributed by atoms with E-state index in [1.54, 1.807) is 10.6 Å². The minimum Gasteiger partial charge on any atom is -0.343 e. The third-order valence-corrected chi connectivity index (χ3v) is 3.41. The molecule has 1 aromatic carbocycles. The second-order valence-electron chi connectivity index (χ2n) is 4.66. The van der Waals surface area contributed by atoms with Crippen LogP contribution in [0.25, 0.3) is 0 Å². The van der Waals surface area contributed by atoms with Crippen LogP contribution in [0.4, 0.5) is 15.8 Å². The largest absolute Gasteiger partial charge is 0.343 e. The van der Waals surface area contributed by atoms with Crippen molar-refractivity contribution in [3.05, 3.63) is 46.4 Å². The van der Waals surface area contributed by atoms with Crippen LogP contribution in [0, 0.1) is 5.82 Å². The second kappa shape index (κ2) is 6.74. The summed E-state index contributed by atoms with van der Waals surface area (Å²) >= 11 is 3.33. The van der Waals surface area contributed by atoms with E-state index in [0.29, 0.717) is 17.9 Å². The molecule has 0 saturated carbocycles. The molecule has 0 fully saturated rings. The minimum atomic E-state index is -0.562. The van der Waals surface area contributed by atoms with Gasteiger partial charge in [-0.05, 0) is 47.1 Å². The molecular formula is C15H15BrFN3O2. The van der Waals surface area contributed by atoms with Crippen molar-refractivity contribution in [2.45, 2.75) is 20.4 Å². The van der Waals surface area contributed by atoms with Gasteiger partial charge in [-0.1, -0.05) is 0 Å². The average molecular weight is 368 g/mol. The Morgan fingerprint density at radius 3 is 2.64 bits per heavy atom. The summed E-state index contributed by atoms with van der Waals surface area (Å²) in [6, 6.07) is 5.71. The molecule has 116 valence electrons. The molecule has 0 aliphatic rings. The van der Waals surface area contributed by atoms with Crippen LogP contribution in [0.1, 0.15) is 24.3 Å². The van der Waals surface area contributed by atoms with Gasteiger partial charge in [0.25, 0.3) is 5.91 Å². The van der Waals surface area contributed by atoms with Gasteiger partial charge >= 0.3 is 0 Å². The van der Waals surface area contributed by atoms with E-state index in [9.17, 15) is 14.0 Å². The summed E-state index contributed by atoms with van der Waals surface area (Å²) in [5.74, 6) is -1.26. The first-order valence-electron chi connectivity index (χ1n) is 6.65. The van der Waals surface area contributed by atoms with E-state index < -0.39 is 5.82 Å². The monoisotopic (exact) mass is 367 g/mol. The molecule has 1 heterocycles. The van der Waals surface area contributed by atoms with Gasteiger partial charge in [0.15, 0.2) is 0 Å². The van der Waals surface area contributed by atoms with Crippen LogP contribution in [-0.4, -0.2) is 16.4 Å². The summed E-state index contributed by atoms with van der Waals surface area (Å²) in [6.45, 7) is 3.86. The summed E-state index contributed by atoms with van der Waals surface area (Å²) in [5, 5.41) is 5.06. The zero-order valence-corrected chi connectivity index (χ0v) is 13.7. The van der Waals surface area contributed by atoms with Crippen LogP contribution in [0.5, 0.6) is 0 Å². The molecule has 0 bridgehead atoms. The summed E-state index contributed by atoms with van der Waals surface area (Å²) in [7, 11) is 0. The van der Waals surface area contributed by atoms with Gasteiger partial charge in [0.05, 0.1) is 5.69 Å². The van der Waals surface area contributed by atoms with Crippen LogP contribution in [-0.2, 0) is 11.3 Å². The highest BCUT2D eigenvalue weighted by atomic mass is 79.9. The Balaban J connectivity index is 2.23. The Kier molecular flexibility index (Phi) is 4.97. The quantitative estimate of drug-likeness (QED) is 0.866. The number of halogens is 2. The number of carbonyl (C=O) groups is 2. The molecule has 7 heteroatoms. The fraction of sp³-hybridized carbons (Fsp3) is 0.200. The van der Waals surface area contributed by atoms with Gasteiger partial charge < -0.3 is 15.2 Å². The molecule has 0 aliphatic carbocycles. The zero-order valence-electron chi connectivity index (χ0n) is 12.1. The number of hydrogen-bond donors (Lipinski definition) is 2. The third-order valence-electron chi connectivity index (χ3n) is 2.97. The Bertz CT molecular complexity index is 728. The molecule has 2 aromatic rings. The SMILES string of the molecule is CCn1cc(Br)cc1C(=O)Nc1ccc(F)c(NC(C)=O)c1. The number of hydrogen-bond acceptors (Lipinski definition) is 2. The van der Waals surface area contributed by atoms with Crippen molar-refractivity contribution in [2.75, 3.05) is 10.6 Å². The maximum atomic E-state index is 13.6. The Morgan fingerprint density at radius 2 is 2.00 bits per heavy atom. The molecule has 22 heavy (non-hydrogen) atoms. The van der Waals surface area contributed by atoms with Gasteiger partial charge in [0.2, 0.25) is 5.91 Å².